The Morgan fingerprint density at radius 2 is 2.00 bits per heavy atom. The second kappa shape index (κ2) is 4.73. The highest BCUT2D eigenvalue weighted by Gasteiger charge is 2.07. The van der Waals surface area contributed by atoms with Gasteiger partial charge in [-0.15, -0.1) is 0 Å². The van der Waals surface area contributed by atoms with E-state index in [1.54, 1.807) is 0 Å². The number of hydrogen-bond donors (Lipinski definition) is 0. The molecule has 1 nitrogen and oxygen atoms in total. The molecule has 1 aliphatic heterocycles. The monoisotopic (exact) mass is 140 g/mol. The molecule has 0 saturated carbocycles. The molecule has 0 N–H and O–H groups in total. The molecular weight excluding hydrogens is 122 g/mol. The summed E-state index contributed by atoms with van der Waals surface area (Å²) >= 11 is 0. The standard InChI is InChI=1S/C9H18N/c1-2-3-7-10-8-5-4-6-9-10/h4H,2-3,5-9H2,1H3. The van der Waals surface area contributed by atoms with Crippen molar-refractivity contribution >= 4 is 0 Å². The number of nitrogens with zero attached hydrogens (tertiary/aromatic N) is 1. The maximum atomic E-state index is 2.57. The number of piperidine rings is 1. The molecule has 0 unspecified atom stereocenters. The average molecular weight is 140 g/mol. The molecule has 0 aromatic rings. The van der Waals surface area contributed by atoms with Crippen molar-refractivity contribution in [1.29, 1.82) is 0 Å². The zero-order chi connectivity index (χ0) is 7.23. The summed E-state index contributed by atoms with van der Waals surface area (Å²) in [6.45, 7) is 6.19. The zero-order valence-electron chi connectivity index (χ0n) is 6.97. The Hall–Kier alpha value is -0.0400. The molecule has 1 aliphatic rings. The minimum Gasteiger partial charge on any atom is -0.303 e. The molecule has 1 heterocycles. The van der Waals surface area contributed by atoms with Gasteiger partial charge in [-0.3, -0.25) is 0 Å². The number of hydrogen-bond acceptors (Lipinski definition) is 1. The van der Waals surface area contributed by atoms with Gasteiger partial charge in [-0.1, -0.05) is 13.3 Å². The topological polar surface area (TPSA) is 3.24 Å². The van der Waals surface area contributed by atoms with Crippen LogP contribution in [-0.4, -0.2) is 24.5 Å². The van der Waals surface area contributed by atoms with E-state index in [1.807, 2.05) is 0 Å². The Morgan fingerprint density at radius 3 is 2.60 bits per heavy atom. The summed E-state index contributed by atoms with van der Waals surface area (Å²) in [4.78, 5) is 2.57. The SMILES string of the molecule is CCCCN1CC[CH]CC1. The van der Waals surface area contributed by atoms with Gasteiger partial charge in [-0.05, 0) is 45.3 Å². The predicted molar refractivity (Wildman–Crippen MR) is 44.9 cm³/mol. The van der Waals surface area contributed by atoms with E-state index in [-0.39, 0.29) is 0 Å². The summed E-state index contributed by atoms with van der Waals surface area (Å²) < 4.78 is 0. The summed E-state index contributed by atoms with van der Waals surface area (Å²) in [6, 6.07) is 0. The first-order valence-corrected chi connectivity index (χ1v) is 4.47. The third kappa shape index (κ3) is 2.70. The van der Waals surface area contributed by atoms with Gasteiger partial charge in [0.1, 0.15) is 0 Å². The Bertz CT molecular complexity index is 74.8. The van der Waals surface area contributed by atoms with Gasteiger partial charge in [-0.25, -0.2) is 0 Å². The lowest BCUT2D eigenvalue weighted by Gasteiger charge is -2.25. The van der Waals surface area contributed by atoms with Gasteiger partial charge in [0.25, 0.3) is 0 Å². The molecule has 1 saturated heterocycles. The van der Waals surface area contributed by atoms with E-state index in [1.165, 1.54) is 45.3 Å². The van der Waals surface area contributed by atoms with Crippen LogP contribution in [0.25, 0.3) is 0 Å². The lowest BCUT2D eigenvalue weighted by Crippen LogP contribution is -2.30. The lowest BCUT2D eigenvalue weighted by molar-refractivity contribution is 0.250. The summed E-state index contributed by atoms with van der Waals surface area (Å²) in [5, 5.41) is 0. The molecule has 1 fully saturated rings. The van der Waals surface area contributed by atoms with Gasteiger partial charge >= 0.3 is 0 Å². The van der Waals surface area contributed by atoms with Crippen molar-refractivity contribution in [2.75, 3.05) is 19.6 Å². The Balaban J connectivity index is 2.02. The molecule has 0 aliphatic carbocycles. The van der Waals surface area contributed by atoms with Crippen molar-refractivity contribution in [3.8, 4) is 0 Å². The van der Waals surface area contributed by atoms with Crippen LogP contribution in [0.4, 0.5) is 0 Å². The number of likely N-dealkylation sites (tertiary alicyclic amines) is 1. The fourth-order valence-corrected chi connectivity index (χ4v) is 1.41. The first-order chi connectivity index (χ1) is 4.93. The van der Waals surface area contributed by atoms with Crippen molar-refractivity contribution < 1.29 is 0 Å². The van der Waals surface area contributed by atoms with Crippen LogP contribution in [0.3, 0.4) is 0 Å². The predicted octanol–water partition coefficient (Wildman–Crippen LogP) is 2.09. The molecule has 0 amide bonds. The number of rotatable bonds is 3. The number of unbranched alkanes of at least 4 members (excludes halogenated alkanes) is 1. The van der Waals surface area contributed by atoms with Gasteiger partial charge in [0, 0.05) is 0 Å². The van der Waals surface area contributed by atoms with E-state index in [0.29, 0.717) is 0 Å². The maximum absolute atomic E-state index is 2.57. The van der Waals surface area contributed by atoms with Gasteiger partial charge < -0.3 is 4.90 Å². The lowest BCUT2D eigenvalue weighted by atomic mass is 10.1. The summed E-state index contributed by atoms with van der Waals surface area (Å²) in [5.41, 5.74) is 0. The minimum atomic E-state index is 1.31. The Kier molecular flexibility index (Phi) is 3.81. The zero-order valence-corrected chi connectivity index (χ0v) is 6.97. The van der Waals surface area contributed by atoms with Gasteiger partial charge in [0.2, 0.25) is 0 Å². The molecule has 0 spiro atoms. The van der Waals surface area contributed by atoms with E-state index >= 15 is 0 Å². The molecule has 59 valence electrons. The summed E-state index contributed by atoms with van der Waals surface area (Å²) in [7, 11) is 0. The second-order valence-corrected chi connectivity index (χ2v) is 3.06. The van der Waals surface area contributed by atoms with Crippen LogP contribution in [0.15, 0.2) is 0 Å². The Labute approximate surface area is 64.4 Å². The van der Waals surface area contributed by atoms with Crippen molar-refractivity contribution in [2.45, 2.75) is 32.6 Å². The van der Waals surface area contributed by atoms with Crippen molar-refractivity contribution in [3.63, 3.8) is 0 Å². The molecule has 0 bridgehead atoms. The van der Waals surface area contributed by atoms with E-state index in [2.05, 4.69) is 18.2 Å². The molecule has 1 radical (unpaired) electrons. The van der Waals surface area contributed by atoms with E-state index in [0.717, 1.165) is 0 Å². The second-order valence-electron chi connectivity index (χ2n) is 3.06. The fourth-order valence-electron chi connectivity index (χ4n) is 1.41. The van der Waals surface area contributed by atoms with E-state index < -0.39 is 0 Å². The third-order valence-electron chi connectivity index (χ3n) is 2.13. The highest BCUT2D eigenvalue weighted by atomic mass is 15.1. The average Bonchev–Trinajstić information content (AvgIpc) is 2.03. The van der Waals surface area contributed by atoms with Gasteiger partial charge in [-0.2, -0.15) is 0 Å². The molecule has 0 aromatic carbocycles. The molecule has 10 heavy (non-hydrogen) atoms. The largest absolute Gasteiger partial charge is 0.303 e. The van der Waals surface area contributed by atoms with Crippen LogP contribution in [0.1, 0.15) is 32.6 Å². The van der Waals surface area contributed by atoms with Crippen LogP contribution in [-0.2, 0) is 0 Å². The fraction of sp³-hybridized carbons (Fsp3) is 0.889. The maximum Gasteiger partial charge on any atom is -0.00160 e. The Morgan fingerprint density at radius 1 is 1.30 bits per heavy atom. The summed E-state index contributed by atoms with van der Waals surface area (Å²) in [6.07, 6.45) is 7.73. The highest BCUT2D eigenvalue weighted by molar-refractivity contribution is 4.75. The van der Waals surface area contributed by atoms with Crippen LogP contribution in [0.2, 0.25) is 0 Å². The van der Waals surface area contributed by atoms with Crippen molar-refractivity contribution in [1.82, 2.24) is 4.90 Å². The molecule has 1 heteroatoms. The summed E-state index contributed by atoms with van der Waals surface area (Å²) in [5.74, 6) is 0. The van der Waals surface area contributed by atoms with Crippen LogP contribution in [0.5, 0.6) is 0 Å². The van der Waals surface area contributed by atoms with E-state index in [4.69, 9.17) is 0 Å². The normalized spacial score (nSPS) is 21.3. The van der Waals surface area contributed by atoms with Crippen LogP contribution >= 0.6 is 0 Å². The first-order valence-electron chi connectivity index (χ1n) is 4.47. The van der Waals surface area contributed by atoms with Crippen molar-refractivity contribution in [3.05, 3.63) is 6.42 Å². The highest BCUT2D eigenvalue weighted by Crippen LogP contribution is 2.07. The minimum absolute atomic E-state index is 1.31. The molecular formula is C9H18N. The first kappa shape index (κ1) is 8.06. The van der Waals surface area contributed by atoms with Crippen LogP contribution < -0.4 is 0 Å². The van der Waals surface area contributed by atoms with Gasteiger partial charge in [0.05, 0.1) is 0 Å². The van der Waals surface area contributed by atoms with Gasteiger partial charge in [0.15, 0.2) is 0 Å². The molecule has 0 atom stereocenters. The molecule has 0 aromatic heterocycles. The van der Waals surface area contributed by atoms with E-state index in [9.17, 15) is 0 Å². The van der Waals surface area contributed by atoms with Crippen molar-refractivity contribution in [2.24, 2.45) is 0 Å². The smallest absolute Gasteiger partial charge is 0.00160 e. The molecule has 1 rings (SSSR count). The van der Waals surface area contributed by atoms with Crippen LogP contribution in [0, 0.1) is 6.42 Å². The quantitative estimate of drug-likeness (QED) is 0.580. The third-order valence-corrected chi connectivity index (χ3v) is 2.13.